The van der Waals surface area contributed by atoms with Gasteiger partial charge in [-0.3, -0.25) is 4.79 Å². The predicted octanol–water partition coefficient (Wildman–Crippen LogP) is 2.33. The molecule has 3 atom stereocenters. The van der Waals surface area contributed by atoms with Gasteiger partial charge in [0.15, 0.2) is 5.69 Å². The van der Waals surface area contributed by atoms with Gasteiger partial charge in [0, 0.05) is 49.2 Å². The van der Waals surface area contributed by atoms with Gasteiger partial charge < -0.3 is 14.7 Å². The molecular weight excluding hydrogens is 442 g/mol. The van der Waals surface area contributed by atoms with Gasteiger partial charge in [-0.2, -0.15) is 17.0 Å². The summed E-state index contributed by atoms with van der Waals surface area (Å²) in [7, 11) is -3.48. The van der Waals surface area contributed by atoms with E-state index in [9.17, 15) is 13.2 Å². The molecule has 1 aliphatic carbocycles. The van der Waals surface area contributed by atoms with Gasteiger partial charge in [0.05, 0.1) is 0 Å². The molecule has 0 aromatic carbocycles. The fourth-order valence-electron chi connectivity index (χ4n) is 6.16. The van der Waals surface area contributed by atoms with Crippen molar-refractivity contribution in [1.29, 1.82) is 0 Å². The number of nitrogens with zero attached hydrogens (tertiary/aromatic N) is 4. The number of carbonyl (C=O) groups is 1. The summed E-state index contributed by atoms with van der Waals surface area (Å²) in [5.74, 6) is 0.996. The molecule has 0 radical (unpaired) electrons. The average molecular weight is 480 g/mol. The highest BCUT2D eigenvalue weighted by atomic mass is 32.2. The lowest BCUT2D eigenvalue weighted by Gasteiger charge is -2.43. The molecule has 4 heterocycles. The minimum absolute atomic E-state index is 0.0315. The Kier molecular flexibility index (Phi) is 6.54. The summed E-state index contributed by atoms with van der Waals surface area (Å²) in [6, 6.07) is 2.11. The van der Waals surface area contributed by atoms with E-state index in [2.05, 4.69) is 29.2 Å². The maximum Gasteiger partial charge on any atom is 0.282 e. The summed E-state index contributed by atoms with van der Waals surface area (Å²) in [4.78, 5) is 15.1. The van der Waals surface area contributed by atoms with Crippen molar-refractivity contribution in [3.05, 3.63) is 17.5 Å². The zero-order valence-electron chi connectivity index (χ0n) is 19.8. The third-order valence-electron chi connectivity index (χ3n) is 8.09. The third-order valence-corrected chi connectivity index (χ3v) is 10.2. The number of hydrogen-bond acceptors (Lipinski definition) is 6. The van der Waals surface area contributed by atoms with E-state index in [0.29, 0.717) is 43.6 Å². The first-order valence-corrected chi connectivity index (χ1v) is 14.1. The van der Waals surface area contributed by atoms with Crippen LogP contribution in [-0.2, 0) is 10.2 Å². The van der Waals surface area contributed by atoms with Crippen LogP contribution in [-0.4, -0.2) is 83.3 Å². The molecule has 1 amide bonds. The average Bonchev–Trinajstić information content (AvgIpc) is 3.46. The van der Waals surface area contributed by atoms with Gasteiger partial charge >= 0.3 is 0 Å². The Hall–Kier alpha value is -1.49. The molecular formula is C23H37N5O4S. The quantitative estimate of drug-likeness (QED) is 0.614. The fourth-order valence-corrected chi connectivity index (χ4v) is 8.23. The number of nitrogens with one attached hydrogen (secondary N) is 1. The molecule has 33 heavy (non-hydrogen) atoms. The van der Waals surface area contributed by atoms with E-state index < -0.39 is 10.2 Å². The molecule has 10 heteroatoms. The molecule has 1 N–H and O–H groups in total. The molecule has 9 nitrogen and oxygen atoms in total. The van der Waals surface area contributed by atoms with Gasteiger partial charge in [0.2, 0.25) is 0 Å². The van der Waals surface area contributed by atoms with Crippen LogP contribution in [0.4, 0.5) is 0 Å². The van der Waals surface area contributed by atoms with Crippen LogP contribution >= 0.6 is 0 Å². The van der Waals surface area contributed by atoms with Crippen LogP contribution in [0.2, 0.25) is 0 Å². The lowest BCUT2D eigenvalue weighted by Crippen LogP contribution is -2.57. The molecule has 4 aliphatic rings. The van der Waals surface area contributed by atoms with Crippen LogP contribution in [0.1, 0.15) is 87.4 Å². The molecule has 4 fully saturated rings. The highest BCUT2D eigenvalue weighted by Gasteiger charge is 2.49. The van der Waals surface area contributed by atoms with Crippen molar-refractivity contribution in [3.63, 3.8) is 0 Å². The largest absolute Gasteiger partial charge is 0.360 e. The summed E-state index contributed by atoms with van der Waals surface area (Å²) in [6.07, 6.45) is 7.02. The number of aromatic nitrogens is 1. The van der Waals surface area contributed by atoms with Crippen molar-refractivity contribution in [1.82, 2.24) is 24.0 Å². The molecule has 1 saturated carbocycles. The first-order chi connectivity index (χ1) is 15.9. The standard InChI is InChI=1S/C23H37N5O4S/c1-3-26(4-2)18-9-11-27(12-10-18)33(30,31)28-19-7-8-20(28)14-17(13-19)24-23(29)21-15-22(32-25-21)16-5-6-16/h15-20H,3-14H2,1-2H3,(H,24,29)/t17?,19-,20+. The summed E-state index contributed by atoms with van der Waals surface area (Å²) >= 11 is 0. The molecule has 2 bridgehead atoms. The maximum atomic E-state index is 13.6. The van der Waals surface area contributed by atoms with E-state index in [-0.39, 0.29) is 24.0 Å². The first kappa shape index (κ1) is 23.3. The second kappa shape index (κ2) is 9.28. The first-order valence-electron chi connectivity index (χ1n) is 12.7. The zero-order chi connectivity index (χ0) is 23.2. The van der Waals surface area contributed by atoms with Gasteiger partial charge in [-0.25, -0.2) is 0 Å². The van der Waals surface area contributed by atoms with Crippen molar-refractivity contribution in [2.24, 2.45) is 0 Å². The minimum Gasteiger partial charge on any atom is -0.360 e. The molecule has 1 aromatic heterocycles. The van der Waals surface area contributed by atoms with E-state index in [1.165, 1.54) is 0 Å². The van der Waals surface area contributed by atoms with E-state index in [4.69, 9.17) is 4.52 Å². The lowest BCUT2D eigenvalue weighted by atomic mass is 9.99. The highest BCUT2D eigenvalue weighted by Crippen LogP contribution is 2.41. The van der Waals surface area contributed by atoms with Crippen LogP contribution in [0.25, 0.3) is 0 Å². The van der Waals surface area contributed by atoms with E-state index in [1.54, 1.807) is 14.7 Å². The number of amides is 1. The summed E-state index contributed by atoms with van der Waals surface area (Å²) in [5.41, 5.74) is 0.329. The van der Waals surface area contributed by atoms with Crippen LogP contribution < -0.4 is 5.32 Å². The van der Waals surface area contributed by atoms with Gasteiger partial charge in [-0.1, -0.05) is 19.0 Å². The number of hydrogen-bond donors (Lipinski definition) is 1. The van der Waals surface area contributed by atoms with Crippen LogP contribution in [0, 0.1) is 0 Å². The monoisotopic (exact) mass is 479 g/mol. The van der Waals surface area contributed by atoms with E-state index in [0.717, 1.165) is 57.4 Å². The second-order valence-electron chi connectivity index (χ2n) is 10.1. The van der Waals surface area contributed by atoms with Gasteiger partial charge in [0.1, 0.15) is 5.76 Å². The van der Waals surface area contributed by atoms with Crippen LogP contribution in [0.15, 0.2) is 10.6 Å². The predicted molar refractivity (Wildman–Crippen MR) is 124 cm³/mol. The molecule has 5 rings (SSSR count). The van der Waals surface area contributed by atoms with Crippen molar-refractivity contribution in [2.45, 2.75) is 95.3 Å². The number of fused-ring (bicyclic) bond motifs is 2. The van der Waals surface area contributed by atoms with E-state index >= 15 is 0 Å². The van der Waals surface area contributed by atoms with Crippen molar-refractivity contribution in [2.75, 3.05) is 26.2 Å². The third kappa shape index (κ3) is 4.59. The van der Waals surface area contributed by atoms with Gasteiger partial charge in [-0.05, 0) is 64.5 Å². The van der Waals surface area contributed by atoms with Gasteiger partial charge in [-0.15, -0.1) is 0 Å². The normalized spacial score (nSPS) is 29.6. The van der Waals surface area contributed by atoms with Crippen molar-refractivity contribution in [3.8, 4) is 0 Å². The number of piperidine rings is 2. The number of rotatable bonds is 8. The van der Waals surface area contributed by atoms with E-state index in [1.807, 2.05) is 0 Å². The van der Waals surface area contributed by atoms with Gasteiger partial charge in [0.25, 0.3) is 16.1 Å². The molecule has 0 spiro atoms. The Labute approximate surface area is 197 Å². The molecule has 1 aromatic rings. The summed E-state index contributed by atoms with van der Waals surface area (Å²) in [5, 5.41) is 7.03. The molecule has 1 unspecified atom stereocenters. The molecule has 184 valence electrons. The Morgan fingerprint density at radius 3 is 2.30 bits per heavy atom. The Bertz CT molecular complexity index is 936. The Morgan fingerprint density at radius 1 is 1.09 bits per heavy atom. The van der Waals surface area contributed by atoms with Crippen LogP contribution in [0.5, 0.6) is 0 Å². The molecule has 3 saturated heterocycles. The van der Waals surface area contributed by atoms with Crippen molar-refractivity contribution >= 4 is 16.1 Å². The fraction of sp³-hybridized carbons (Fsp3) is 0.826. The summed E-state index contributed by atoms with van der Waals surface area (Å²) in [6.45, 7) is 7.54. The Morgan fingerprint density at radius 2 is 1.73 bits per heavy atom. The molecule has 3 aliphatic heterocycles. The maximum absolute atomic E-state index is 13.6. The Balaban J connectivity index is 1.19. The SMILES string of the molecule is CCN(CC)C1CCN(S(=O)(=O)N2[C@@H]3CC[C@H]2CC(NC(=O)c2cc(C4CC4)on2)C3)CC1. The smallest absolute Gasteiger partial charge is 0.282 e. The minimum atomic E-state index is -3.48. The summed E-state index contributed by atoms with van der Waals surface area (Å²) < 4.78 is 35.9. The van der Waals surface area contributed by atoms with Crippen molar-refractivity contribution < 1.29 is 17.7 Å². The topological polar surface area (TPSA) is 99.0 Å². The lowest BCUT2D eigenvalue weighted by molar-refractivity contribution is 0.0896. The number of carbonyl (C=O) groups excluding carboxylic acids is 1. The van der Waals surface area contributed by atoms with Crippen LogP contribution in [0.3, 0.4) is 0 Å². The second-order valence-corrected chi connectivity index (χ2v) is 11.9. The zero-order valence-corrected chi connectivity index (χ0v) is 20.6. The highest BCUT2D eigenvalue weighted by molar-refractivity contribution is 7.86.